The van der Waals surface area contributed by atoms with Crippen molar-refractivity contribution in [3.63, 3.8) is 0 Å². The molecule has 1 amide bonds. The van der Waals surface area contributed by atoms with Crippen molar-refractivity contribution in [2.75, 3.05) is 17.7 Å². The number of anilines is 1. The molecular weight excluding hydrogens is 352 g/mol. The van der Waals surface area contributed by atoms with Crippen molar-refractivity contribution in [2.24, 2.45) is 0 Å². The van der Waals surface area contributed by atoms with E-state index in [-0.39, 0.29) is 11.9 Å². The number of methoxy groups -OCH3 is 1. The molecule has 0 aromatic heterocycles. The topological polar surface area (TPSA) is 75.7 Å². The van der Waals surface area contributed by atoms with Crippen LogP contribution in [0.5, 0.6) is 5.75 Å². The molecule has 0 unspecified atom stereocenters. The van der Waals surface area contributed by atoms with Gasteiger partial charge in [0.2, 0.25) is 15.9 Å². The Morgan fingerprint density at radius 1 is 1.04 bits per heavy atom. The quantitative estimate of drug-likeness (QED) is 0.806. The standard InChI is InChI=1S/C19H24N2O4S/c1-14(16-10-12-18(25-3)13-11-16)20-19(22)15(2)21(26(4,23)24)17-8-6-5-7-9-17/h5-15H,1-4H3,(H,20,22)/t14-,15+/m0/s1. The van der Waals surface area contributed by atoms with Gasteiger partial charge in [-0.25, -0.2) is 8.42 Å². The zero-order chi connectivity index (χ0) is 19.3. The van der Waals surface area contributed by atoms with Crippen LogP contribution in [0.2, 0.25) is 0 Å². The smallest absolute Gasteiger partial charge is 0.244 e. The molecule has 0 aliphatic carbocycles. The molecule has 0 aliphatic rings. The second-order valence-electron chi connectivity index (χ2n) is 6.07. The van der Waals surface area contributed by atoms with Crippen molar-refractivity contribution < 1.29 is 17.9 Å². The molecule has 6 nitrogen and oxygen atoms in total. The predicted molar refractivity (Wildman–Crippen MR) is 103 cm³/mol. The summed E-state index contributed by atoms with van der Waals surface area (Å²) in [6.45, 7) is 3.42. The third-order valence-corrected chi connectivity index (χ3v) is 5.32. The zero-order valence-electron chi connectivity index (χ0n) is 15.3. The molecule has 140 valence electrons. The van der Waals surface area contributed by atoms with Crippen LogP contribution in [0.4, 0.5) is 5.69 Å². The fourth-order valence-corrected chi connectivity index (χ4v) is 3.87. The van der Waals surface area contributed by atoms with Gasteiger partial charge in [0, 0.05) is 0 Å². The second-order valence-corrected chi connectivity index (χ2v) is 7.93. The second kappa shape index (κ2) is 8.23. The minimum absolute atomic E-state index is 0.270. The molecule has 1 N–H and O–H groups in total. The van der Waals surface area contributed by atoms with E-state index in [4.69, 9.17) is 4.74 Å². The molecule has 0 saturated heterocycles. The number of carbonyl (C=O) groups excluding carboxylic acids is 1. The van der Waals surface area contributed by atoms with Crippen LogP contribution in [0.3, 0.4) is 0 Å². The molecule has 2 atom stereocenters. The molecule has 0 fully saturated rings. The Morgan fingerprint density at radius 3 is 2.12 bits per heavy atom. The van der Waals surface area contributed by atoms with Crippen LogP contribution in [0, 0.1) is 0 Å². The van der Waals surface area contributed by atoms with Crippen LogP contribution < -0.4 is 14.4 Å². The molecule has 0 spiro atoms. The number of para-hydroxylation sites is 1. The fourth-order valence-electron chi connectivity index (χ4n) is 2.69. The average molecular weight is 376 g/mol. The van der Waals surface area contributed by atoms with Gasteiger partial charge in [-0.3, -0.25) is 9.10 Å². The maximum absolute atomic E-state index is 12.7. The Bertz CT molecular complexity index is 836. The predicted octanol–water partition coefficient (Wildman–Crippen LogP) is 2.73. The highest BCUT2D eigenvalue weighted by Crippen LogP contribution is 2.22. The highest BCUT2D eigenvalue weighted by Gasteiger charge is 2.29. The Labute approximate surface area is 154 Å². The first-order valence-corrected chi connectivity index (χ1v) is 10.1. The van der Waals surface area contributed by atoms with Crippen molar-refractivity contribution in [2.45, 2.75) is 25.9 Å². The summed E-state index contributed by atoms with van der Waals surface area (Å²) in [7, 11) is -2.03. The van der Waals surface area contributed by atoms with Gasteiger partial charge in [-0.05, 0) is 43.7 Å². The number of ether oxygens (including phenoxy) is 1. The first-order chi connectivity index (χ1) is 12.2. The summed E-state index contributed by atoms with van der Waals surface area (Å²) in [6, 6.07) is 14.8. The van der Waals surface area contributed by atoms with E-state index in [2.05, 4.69) is 5.32 Å². The van der Waals surface area contributed by atoms with E-state index < -0.39 is 16.1 Å². The van der Waals surface area contributed by atoms with Crippen LogP contribution in [-0.4, -0.2) is 33.7 Å². The molecule has 2 aromatic rings. The SMILES string of the molecule is COc1ccc([C@H](C)NC(=O)[C@@H](C)N(c2ccccc2)S(C)(=O)=O)cc1. The summed E-state index contributed by atoms with van der Waals surface area (Å²) in [5.74, 6) is 0.357. The average Bonchev–Trinajstić information content (AvgIpc) is 2.61. The number of nitrogens with one attached hydrogen (secondary N) is 1. The number of benzene rings is 2. The molecule has 7 heteroatoms. The van der Waals surface area contributed by atoms with Crippen molar-refractivity contribution in [1.82, 2.24) is 5.32 Å². The fraction of sp³-hybridized carbons (Fsp3) is 0.316. The van der Waals surface area contributed by atoms with Gasteiger partial charge < -0.3 is 10.1 Å². The number of rotatable bonds is 7. The number of amides is 1. The van der Waals surface area contributed by atoms with Gasteiger partial charge in [-0.1, -0.05) is 30.3 Å². The van der Waals surface area contributed by atoms with Crippen LogP contribution in [-0.2, 0) is 14.8 Å². The van der Waals surface area contributed by atoms with Crippen molar-refractivity contribution >= 4 is 21.6 Å². The zero-order valence-corrected chi connectivity index (χ0v) is 16.2. The van der Waals surface area contributed by atoms with Crippen LogP contribution in [0.1, 0.15) is 25.5 Å². The summed E-state index contributed by atoms with van der Waals surface area (Å²) in [5.41, 5.74) is 1.35. The van der Waals surface area contributed by atoms with E-state index in [1.54, 1.807) is 44.4 Å². The van der Waals surface area contributed by atoms with Gasteiger partial charge in [0.1, 0.15) is 11.8 Å². The lowest BCUT2D eigenvalue weighted by Gasteiger charge is -2.29. The molecule has 2 aromatic carbocycles. The number of sulfonamides is 1. The summed E-state index contributed by atoms with van der Waals surface area (Å²) < 4.78 is 30.7. The van der Waals surface area contributed by atoms with Gasteiger partial charge in [0.05, 0.1) is 25.1 Å². The van der Waals surface area contributed by atoms with E-state index in [9.17, 15) is 13.2 Å². The van der Waals surface area contributed by atoms with Crippen molar-refractivity contribution in [1.29, 1.82) is 0 Å². The van der Waals surface area contributed by atoms with E-state index in [1.807, 2.05) is 31.2 Å². The highest BCUT2D eigenvalue weighted by molar-refractivity contribution is 7.92. The van der Waals surface area contributed by atoms with Crippen molar-refractivity contribution in [3.8, 4) is 5.75 Å². The van der Waals surface area contributed by atoms with Gasteiger partial charge in [-0.2, -0.15) is 0 Å². The minimum atomic E-state index is -3.62. The largest absolute Gasteiger partial charge is 0.497 e. The van der Waals surface area contributed by atoms with Gasteiger partial charge in [-0.15, -0.1) is 0 Å². The lowest BCUT2D eigenvalue weighted by atomic mass is 10.1. The third kappa shape index (κ3) is 4.76. The minimum Gasteiger partial charge on any atom is -0.497 e. The summed E-state index contributed by atoms with van der Waals surface area (Å²) >= 11 is 0. The number of nitrogens with zero attached hydrogens (tertiary/aromatic N) is 1. The van der Waals surface area contributed by atoms with Crippen LogP contribution >= 0.6 is 0 Å². The Balaban J connectivity index is 2.18. The van der Waals surface area contributed by atoms with Gasteiger partial charge >= 0.3 is 0 Å². The van der Waals surface area contributed by atoms with Crippen LogP contribution in [0.15, 0.2) is 54.6 Å². The molecule has 0 aliphatic heterocycles. The number of carbonyl (C=O) groups is 1. The lowest BCUT2D eigenvalue weighted by molar-refractivity contribution is -0.122. The molecular formula is C19H24N2O4S. The first kappa shape index (κ1) is 19.8. The third-order valence-electron chi connectivity index (χ3n) is 4.07. The highest BCUT2D eigenvalue weighted by atomic mass is 32.2. The maximum atomic E-state index is 12.7. The normalized spacial score (nSPS) is 13.5. The maximum Gasteiger partial charge on any atom is 0.244 e. The molecule has 2 rings (SSSR count). The number of hydrogen-bond donors (Lipinski definition) is 1. The lowest BCUT2D eigenvalue weighted by Crippen LogP contribution is -2.48. The van der Waals surface area contributed by atoms with E-state index >= 15 is 0 Å². The molecule has 26 heavy (non-hydrogen) atoms. The number of hydrogen-bond acceptors (Lipinski definition) is 4. The molecule has 0 saturated carbocycles. The summed E-state index contributed by atoms with van der Waals surface area (Å²) in [5, 5.41) is 2.87. The van der Waals surface area contributed by atoms with E-state index in [1.165, 1.54) is 0 Å². The molecule has 0 radical (unpaired) electrons. The van der Waals surface area contributed by atoms with E-state index in [0.29, 0.717) is 5.69 Å². The Hall–Kier alpha value is -2.54. The molecule has 0 bridgehead atoms. The Kier molecular flexibility index (Phi) is 6.26. The monoisotopic (exact) mass is 376 g/mol. The van der Waals surface area contributed by atoms with Gasteiger partial charge in [0.15, 0.2) is 0 Å². The van der Waals surface area contributed by atoms with Crippen molar-refractivity contribution in [3.05, 3.63) is 60.2 Å². The summed E-state index contributed by atoms with van der Waals surface area (Å²) in [6.07, 6.45) is 1.09. The first-order valence-electron chi connectivity index (χ1n) is 8.23. The molecule has 0 heterocycles. The van der Waals surface area contributed by atoms with E-state index in [0.717, 1.165) is 21.9 Å². The Morgan fingerprint density at radius 2 is 1.62 bits per heavy atom. The van der Waals surface area contributed by atoms with Gasteiger partial charge in [0.25, 0.3) is 0 Å². The van der Waals surface area contributed by atoms with Crippen LogP contribution in [0.25, 0.3) is 0 Å². The summed E-state index contributed by atoms with van der Waals surface area (Å²) in [4.78, 5) is 12.7.